The number of hydrogen-bond acceptors (Lipinski definition) is 6. The minimum absolute atomic E-state index is 0.000574. The van der Waals surface area contributed by atoms with Gasteiger partial charge in [-0.1, -0.05) is 41.6 Å². The summed E-state index contributed by atoms with van der Waals surface area (Å²) in [5.74, 6) is -1.26. The third kappa shape index (κ3) is 4.73. The van der Waals surface area contributed by atoms with Crippen LogP contribution in [-0.2, 0) is 11.2 Å². The first-order chi connectivity index (χ1) is 15.0. The minimum Gasteiger partial charge on any atom is -0.483 e. The zero-order chi connectivity index (χ0) is 22.4. The summed E-state index contributed by atoms with van der Waals surface area (Å²) in [7, 11) is 0. The van der Waals surface area contributed by atoms with Crippen LogP contribution in [-0.4, -0.2) is 27.6 Å². The van der Waals surface area contributed by atoms with Crippen LogP contribution in [0.1, 0.15) is 27.8 Å². The Morgan fingerprint density at radius 2 is 1.81 bits per heavy atom. The van der Waals surface area contributed by atoms with Gasteiger partial charge >= 0.3 is 0 Å². The van der Waals surface area contributed by atoms with Gasteiger partial charge in [-0.05, 0) is 29.8 Å². The van der Waals surface area contributed by atoms with E-state index in [1.165, 1.54) is 12.1 Å². The molecule has 5 N–H and O–H groups in total. The highest BCUT2D eigenvalue weighted by atomic mass is 19.1. The predicted octanol–water partition coefficient (Wildman–Crippen LogP) is 3.07. The molecule has 2 aromatic heterocycles. The van der Waals surface area contributed by atoms with Crippen LogP contribution in [0.15, 0.2) is 65.2 Å². The van der Waals surface area contributed by atoms with E-state index >= 15 is 0 Å². The number of primary amides is 1. The lowest BCUT2D eigenvalue weighted by molar-refractivity contribution is -0.122. The van der Waals surface area contributed by atoms with Crippen LogP contribution >= 0.6 is 0 Å². The van der Waals surface area contributed by atoms with Gasteiger partial charge in [-0.25, -0.2) is 9.37 Å². The van der Waals surface area contributed by atoms with E-state index in [1.807, 2.05) is 48.5 Å². The van der Waals surface area contributed by atoms with Gasteiger partial charge in [0.1, 0.15) is 17.2 Å². The third-order valence-corrected chi connectivity index (χ3v) is 4.58. The van der Waals surface area contributed by atoms with Gasteiger partial charge in [-0.15, -0.1) is 0 Å². The van der Waals surface area contributed by atoms with E-state index in [9.17, 15) is 9.18 Å². The van der Waals surface area contributed by atoms with E-state index in [4.69, 9.17) is 25.9 Å². The van der Waals surface area contributed by atoms with Crippen molar-refractivity contribution in [1.29, 1.82) is 0 Å². The Bertz CT molecular complexity index is 1230. The summed E-state index contributed by atoms with van der Waals surface area (Å²) in [5.41, 5.74) is 14.6. The van der Waals surface area contributed by atoms with Crippen molar-refractivity contribution in [1.82, 2.24) is 10.1 Å². The molecule has 2 aromatic carbocycles. The van der Waals surface area contributed by atoms with Crippen molar-refractivity contribution in [2.75, 3.05) is 0 Å². The molecule has 0 saturated carbocycles. The average molecular weight is 422 g/mol. The van der Waals surface area contributed by atoms with Gasteiger partial charge in [0.25, 0.3) is 12.4 Å². The number of carbonyl (C=O) groups is 2. The van der Waals surface area contributed by atoms with Crippen molar-refractivity contribution < 1.29 is 23.6 Å². The number of aromatic nitrogens is 2. The molecule has 0 unspecified atom stereocenters. The number of pyridine rings is 1. The zero-order valence-electron chi connectivity index (χ0n) is 16.2. The van der Waals surface area contributed by atoms with Gasteiger partial charge in [0.15, 0.2) is 5.58 Å². The van der Waals surface area contributed by atoms with Crippen molar-refractivity contribution in [2.45, 2.75) is 12.5 Å². The molecule has 8 nitrogen and oxygen atoms in total. The van der Waals surface area contributed by atoms with E-state index in [1.54, 1.807) is 0 Å². The quantitative estimate of drug-likeness (QED) is 0.419. The Balaban J connectivity index is 0.000000858. The molecule has 0 bridgehead atoms. The Hall–Kier alpha value is -4.11. The van der Waals surface area contributed by atoms with Gasteiger partial charge in [0, 0.05) is 23.4 Å². The maximum atomic E-state index is 14.2. The Labute approximate surface area is 176 Å². The molecule has 0 spiro atoms. The lowest BCUT2D eigenvalue weighted by Gasteiger charge is -2.16. The summed E-state index contributed by atoms with van der Waals surface area (Å²) in [5, 5.41) is 11.9. The average Bonchev–Trinajstić information content (AvgIpc) is 3.19. The van der Waals surface area contributed by atoms with E-state index in [-0.39, 0.29) is 24.3 Å². The normalized spacial score (nSPS) is 11.4. The van der Waals surface area contributed by atoms with Crippen LogP contribution in [0, 0.1) is 5.82 Å². The Morgan fingerprint density at radius 3 is 2.55 bits per heavy atom. The number of para-hydroxylation sites is 1. The molecule has 0 radical (unpaired) electrons. The number of halogens is 1. The maximum Gasteiger partial charge on any atom is 0.290 e. The molecule has 0 fully saturated rings. The molecule has 1 amide bonds. The largest absolute Gasteiger partial charge is 0.483 e. The van der Waals surface area contributed by atoms with E-state index in [0.29, 0.717) is 11.3 Å². The second kappa shape index (κ2) is 9.59. The van der Waals surface area contributed by atoms with Crippen LogP contribution < -0.4 is 11.5 Å². The van der Waals surface area contributed by atoms with Crippen LogP contribution in [0.4, 0.5) is 4.39 Å². The van der Waals surface area contributed by atoms with Crippen molar-refractivity contribution in [3.8, 4) is 11.3 Å². The van der Waals surface area contributed by atoms with Gasteiger partial charge < -0.3 is 21.1 Å². The maximum absolute atomic E-state index is 14.2. The molecule has 9 heteroatoms. The number of carboxylic acid groups (broad SMARTS) is 1. The minimum atomic E-state index is -0.718. The molecule has 4 rings (SSSR count). The number of amides is 1. The zero-order valence-corrected chi connectivity index (χ0v) is 16.2. The number of fused-ring (bicyclic) bond motifs is 1. The molecule has 31 heavy (non-hydrogen) atoms. The van der Waals surface area contributed by atoms with Gasteiger partial charge in [0.2, 0.25) is 0 Å². The van der Waals surface area contributed by atoms with E-state index < -0.39 is 17.8 Å². The number of carbonyl (C=O) groups excluding carboxylic acids is 1. The summed E-state index contributed by atoms with van der Waals surface area (Å²) >= 11 is 0. The molecule has 0 aliphatic carbocycles. The lowest BCUT2D eigenvalue weighted by Crippen LogP contribution is -2.19. The molecular formula is C22H19FN4O4. The fourth-order valence-corrected chi connectivity index (χ4v) is 3.20. The fraction of sp³-hybridized carbons (Fsp3) is 0.0909. The van der Waals surface area contributed by atoms with Crippen LogP contribution in [0.25, 0.3) is 22.2 Å². The summed E-state index contributed by atoms with van der Waals surface area (Å²) in [6, 6.07) is 16.9. The highest BCUT2D eigenvalue weighted by Gasteiger charge is 2.20. The van der Waals surface area contributed by atoms with Gasteiger partial charge in [-0.3, -0.25) is 9.59 Å². The number of nitrogens with two attached hydrogens (primary N) is 2. The third-order valence-electron chi connectivity index (χ3n) is 4.58. The first kappa shape index (κ1) is 21.6. The monoisotopic (exact) mass is 422 g/mol. The molecule has 158 valence electrons. The van der Waals surface area contributed by atoms with Crippen molar-refractivity contribution in [2.24, 2.45) is 11.5 Å². The molecule has 0 aliphatic heterocycles. The van der Waals surface area contributed by atoms with E-state index in [2.05, 4.69) is 10.1 Å². The highest BCUT2D eigenvalue weighted by Crippen LogP contribution is 2.33. The topological polar surface area (TPSA) is 145 Å². The van der Waals surface area contributed by atoms with Crippen LogP contribution in [0.3, 0.4) is 0 Å². The molecule has 2 heterocycles. The highest BCUT2D eigenvalue weighted by molar-refractivity contribution is 5.92. The second-order valence-electron chi connectivity index (χ2n) is 6.52. The summed E-state index contributed by atoms with van der Waals surface area (Å²) < 4.78 is 19.6. The lowest BCUT2D eigenvalue weighted by atomic mass is 9.94. The molecule has 0 saturated heterocycles. The summed E-state index contributed by atoms with van der Waals surface area (Å²) in [6.45, 7) is -0.250. The second-order valence-corrected chi connectivity index (χ2v) is 6.52. The van der Waals surface area contributed by atoms with Crippen LogP contribution in [0.5, 0.6) is 0 Å². The summed E-state index contributed by atoms with van der Waals surface area (Å²) in [6.07, 6.45) is 0.0970. The summed E-state index contributed by atoms with van der Waals surface area (Å²) in [4.78, 5) is 23.7. The molecule has 1 atom stereocenters. The smallest absolute Gasteiger partial charge is 0.290 e. The predicted molar refractivity (Wildman–Crippen MR) is 111 cm³/mol. The van der Waals surface area contributed by atoms with Crippen molar-refractivity contribution in [3.63, 3.8) is 0 Å². The van der Waals surface area contributed by atoms with E-state index in [0.717, 1.165) is 16.5 Å². The number of benzene rings is 2. The first-order valence-corrected chi connectivity index (χ1v) is 9.18. The standard InChI is InChI=1S/C21H17FN4O2.CH2O2/c22-15-9-10-17(21(24)27)25-18(15)11-16(23)12-5-1-2-6-13(12)20-14-7-3-4-8-19(14)28-26-20;2-1-3/h1-10,16H,11,23H2,(H2,24,27);1H,(H,2,3)/t16-;/m0./s1. The SMILES string of the molecule is NC(=O)c1ccc(F)c(C[C@H](N)c2ccccc2-c2noc3ccccc23)n1.O=CO. The number of nitrogens with zero attached hydrogens (tertiary/aromatic N) is 2. The Kier molecular flexibility index (Phi) is 6.68. The van der Waals surface area contributed by atoms with Gasteiger partial charge in [-0.2, -0.15) is 0 Å². The van der Waals surface area contributed by atoms with Crippen molar-refractivity contribution >= 4 is 23.3 Å². The van der Waals surface area contributed by atoms with Gasteiger partial charge in [0.05, 0.1) is 5.69 Å². The fourth-order valence-electron chi connectivity index (χ4n) is 3.20. The van der Waals surface area contributed by atoms with Crippen molar-refractivity contribution in [3.05, 3.63) is 83.4 Å². The molecule has 0 aliphatic rings. The number of rotatable bonds is 5. The Morgan fingerprint density at radius 1 is 1.13 bits per heavy atom. The molecule has 4 aromatic rings. The number of hydrogen-bond donors (Lipinski definition) is 3. The first-order valence-electron chi connectivity index (χ1n) is 9.18. The van der Waals surface area contributed by atoms with Crippen LogP contribution in [0.2, 0.25) is 0 Å². The molecular weight excluding hydrogens is 403 g/mol.